The number of fused-ring (bicyclic) bond motifs is 1. The lowest BCUT2D eigenvalue weighted by molar-refractivity contribution is -0.138. The first-order valence-corrected chi connectivity index (χ1v) is 8.69. The van der Waals surface area contributed by atoms with Crippen LogP contribution in [0, 0.1) is 4.64 Å². The SMILES string of the molecule is O=C(O)C(Cc1ccc(Br)c(Cl)c1)c1n[nH]c(=S)c2ccccc12. The first kappa shape index (κ1) is 17.1. The molecule has 3 aromatic rings. The zero-order chi connectivity index (χ0) is 17.3. The lowest BCUT2D eigenvalue weighted by atomic mass is 9.93. The zero-order valence-corrected chi connectivity index (χ0v) is 15.5. The Morgan fingerprint density at radius 1 is 1.29 bits per heavy atom. The fraction of sp³-hybridized carbons (Fsp3) is 0.118. The predicted octanol–water partition coefficient (Wildman–Crippen LogP) is 5.12. The van der Waals surface area contributed by atoms with Crippen molar-refractivity contribution in [3.8, 4) is 0 Å². The molecule has 2 aromatic carbocycles. The number of nitrogens with one attached hydrogen (secondary N) is 1. The number of benzene rings is 2. The zero-order valence-electron chi connectivity index (χ0n) is 12.3. The highest BCUT2D eigenvalue weighted by molar-refractivity contribution is 9.10. The molecule has 0 amide bonds. The van der Waals surface area contributed by atoms with Crippen LogP contribution >= 0.6 is 39.7 Å². The molecule has 1 aromatic heterocycles. The predicted molar refractivity (Wildman–Crippen MR) is 100 cm³/mol. The summed E-state index contributed by atoms with van der Waals surface area (Å²) in [5.41, 5.74) is 1.29. The molecular formula is C17H12BrClN2O2S. The number of hydrogen-bond acceptors (Lipinski definition) is 3. The number of halogens is 2. The molecule has 0 aliphatic carbocycles. The van der Waals surface area contributed by atoms with Crippen LogP contribution in [0.2, 0.25) is 5.02 Å². The highest BCUT2D eigenvalue weighted by Crippen LogP contribution is 2.29. The minimum absolute atomic E-state index is 0.282. The number of carbonyl (C=O) groups is 1. The van der Waals surface area contributed by atoms with E-state index in [1.165, 1.54) is 0 Å². The van der Waals surface area contributed by atoms with E-state index in [0.29, 0.717) is 15.4 Å². The molecule has 1 unspecified atom stereocenters. The molecule has 0 aliphatic heterocycles. The van der Waals surface area contributed by atoms with Gasteiger partial charge in [0.25, 0.3) is 0 Å². The van der Waals surface area contributed by atoms with E-state index < -0.39 is 11.9 Å². The van der Waals surface area contributed by atoms with Gasteiger partial charge in [0.05, 0.1) is 10.7 Å². The minimum Gasteiger partial charge on any atom is -0.481 e. The van der Waals surface area contributed by atoms with Crippen molar-refractivity contribution < 1.29 is 9.90 Å². The van der Waals surface area contributed by atoms with Crippen molar-refractivity contribution in [2.24, 2.45) is 0 Å². The Hall–Kier alpha value is -1.76. The second-order valence-electron chi connectivity index (χ2n) is 5.33. The average Bonchev–Trinajstić information content (AvgIpc) is 2.57. The first-order chi connectivity index (χ1) is 11.5. The van der Waals surface area contributed by atoms with Gasteiger partial charge in [0.15, 0.2) is 0 Å². The second-order valence-corrected chi connectivity index (χ2v) is 7.00. The fourth-order valence-corrected chi connectivity index (χ4v) is 3.28. The van der Waals surface area contributed by atoms with Crippen LogP contribution in [0.1, 0.15) is 17.2 Å². The number of aromatic amines is 1. The Balaban J connectivity index is 2.09. The molecule has 4 nitrogen and oxygen atoms in total. The number of H-pyrrole nitrogens is 1. The van der Waals surface area contributed by atoms with Crippen LogP contribution in [-0.2, 0) is 11.2 Å². The monoisotopic (exact) mass is 422 g/mol. The molecule has 0 bridgehead atoms. The molecule has 0 saturated carbocycles. The van der Waals surface area contributed by atoms with Crippen molar-refractivity contribution in [1.29, 1.82) is 0 Å². The standard InChI is InChI=1S/C17H12BrClN2O2S/c18-13-6-5-9(8-14(13)19)7-12(17(22)23)15-10-3-1-2-4-11(10)16(24)21-20-15/h1-6,8,12H,7H2,(H,21,24)(H,22,23). The molecule has 2 N–H and O–H groups in total. The van der Waals surface area contributed by atoms with Gasteiger partial charge in [-0.05, 0) is 40.0 Å². The normalized spacial score (nSPS) is 12.2. The van der Waals surface area contributed by atoms with E-state index >= 15 is 0 Å². The maximum absolute atomic E-state index is 11.9. The van der Waals surface area contributed by atoms with Gasteiger partial charge >= 0.3 is 5.97 Å². The van der Waals surface area contributed by atoms with Gasteiger partial charge in [0.1, 0.15) is 10.6 Å². The lowest BCUT2D eigenvalue weighted by Gasteiger charge is -2.14. The molecule has 24 heavy (non-hydrogen) atoms. The third kappa shape index (κ3) is 3.36. The number of rotatable bonds is 4. The van der Waals surface area contributed by atoms with E-state index in [9.17, 15) is 9.90 Å². The number of aromatic nitrogens is 2. The molecule has 0 fully saturated rings. The van der Waals surface area contributed by atoms with E-state index in [2.05, 4.69) is 26.1 Å². The molecule has 0 spiro atoms. The van der Waals surface area contributed by atoms with Gasteiger partial charge in [0, 0.05) is 15.2 Å². The van der Waals surface area contributed by atoms with Crippen LogP contribution in [0.5, 0.6) is 0 Å². The summed E-state index contributed by atoms with van der Waals surface area (Å²) in [5, 5.41) is 18.8. The summed E-state index contributed by atoms with van der Waals surface area (Å²) in [4.78, 5) is 11.9. The van der Waals surface area contributed by atoms with Crippen molar-refractivity contribution in [1.82, 2.24) is 10.2 Å². The Morgan fingerprint density at radius 2 is 2.00 bits per heavy atom. The van der Waals surface area contributed by atoms with Crippen LogP contribution in [0.15, 0.2) is 46.9 Å². The summed E-state index contributed by atoms with van der Waals surface area (Å²) in [6.45, 7) is 0. The lowest BCUT2D eigenvalue weighted by Crippen LogP contribution is -2.17. The van der Waals surface area contributed by atoms with Gasteiger partial charge in [-0.15, -0.1) is 0 Å². The van der Waals surface area contributed by atoms with Crippen molar-refractivity contribution in [3.05, 3.63) is 67.9 Å². The Labute approximate surface area is 156 Å². The van der Waals surface area contributed by atoms with Crippen LogP contribution in [-0.4, -0.2) is 21.3 Å². The first-order valence-electron chi connectivity index (χ1n) is 7.11. The molecule has 7 heteroatoms. The highest BCUT2D eigenvalue weighted by atomic mass is 79.9. The van der Waals surface area contributed by atoms with E-state index in [1.54, 1.807) is 12.1 Å². The average molecular weight is 424 g/mol. The third-order valence-corrected chi connectivity index (χ3v) is 5.32. The summed E-state index contributed by atoms with van der Waals surface area (Å²) < 4.78 is 1.26. The molecule has 0 aliphatic rings. The van der Waals surface area contributed by atoms with Gasteiger partial charge in [-0.2, -0.15) is 5.10 Å². The number of nitrogens with zero attached hydrogens (tertiary/aromatic N) is 1. The summed E-state index contributed by atoms with van der Waals surface area (Å²) in [5.74, 6) is -1.75. The Kier molecular flexibility index (Phi) is 4.99. The Morgan fingerprint density at radius 3 is 2.67 bits per heavy atom. The van der Waals surface area contributed by atoms with E-state index in [1.807, 2.05) is 30.3 Å². The Bertz CT molecular complexity index is 990. The second kappa shape index (κ2) is 7.01. The van der Waals surface area contributed by atoms with Gasteiger partial charge in [-0.25, -0.2) is 0 Å². The molecular weight excluding hydrogens is 412 g/mol. The summed E-state index contributed by atoms with van der Waals surface area (Å²) >= 11 is 14.7. The van der Waals surface area contributed by atoms with Gasteiger partial charge in [0.2, 0.25) is 0 Å². The maximum Gasteiger partial charge on any atom is 0.313 e. The molecule has 122 valence electrons. The highest BCUT2D eigenvalue weighted by Gasteiger charge is 2.25. The summed E-state index contributed by atoms with van der Waals surface area (Å²) in [7, 11) is 0. The van der Waals surface area contributed by atoms with Gasteiger partial charge in [-0.3, -0.25) is 9.89 Å². The molecule has 0 saturated heterocycles. The van der Waals surface area contributed by atoms with Gasteiger partial charge in [-0.1, -0.05) is 54.2 Å². The number of aliphatic carboxylic acids is 1. The van der Waals surface area contributed by atoms with Crippen molar-refractivity contribution in [2.75, 3.05) is 0 Å². The number of carboxylic acid groups (broad SMARTS) is 1. The van der Waals surface area contributed by atoms with Gasteiger partial charge < -0.3 is 5.11 Å². The molecule has 1 heterocycles. The number of hydrogen-bond donors (Lipinski definition) is 2. The van der Waals surface area contributed by atoms with Crippen LogP contribution < -0.4 is 0 Å². The van der Waals surface area contributed by atoms with Crippen molar-refractivity contribution in [3.63, 3.8) is 0 Å². The van der Waals surface area contributed by atoms with E-state index in [4.69, 9.17) is 23.8 Å². The van der Waals surface area contributed by atoms with Crippen LogP contribution in [0.4, 0.5) is 0 Å². The minimum atomic E-state index is -0.947. The summed E-state index contributed by atoms with van der Waals surface area (Å²) in [6.07, 6.45) is 0.282. The quantitative estimate of drug-likeness (QED) is 0.572. The summed E-state index contributed by atoms with van der Waals surface area (Å²) in [6, 6.07) is 12.8. The molecule has 0 radical (unpaired) electrons. The van der Waals surface area contributed by atoms with Crippen molar-refractivity contribution in [2.45, 2.75) is 12.3 Å². The van der Waals surface area contributed by atoms with E-state index in [0.717, 1.165) is 20.8 Å². The topological polar surface area (TPSA) is 66.0 Å². The smallest absolute Gasteiger partial charge is 0.313 e. The number of carboxylic acids is 1. The largest absolute Gasteiger partial charge is 0.481 e. The molecule has 3 rings (SSSR count). The van der Waals surface area contributed by atoms with Crippen LogP contribution in [0.3, 0.4) is 0 Å². The third-order valence-electron chi connectivity index (χ3n) is 3.78. The van der Waals surface area contributed by atoms with E-state index in [-0.39, 0.29) is 6.42 Å². The molecule has 1 atom stereocenters. The maximum atomic E-state index is 11.9. The fourth-order valence-electron chi connectivity index (χ4n) is 2.60. The van der Waals surface area contributed by atoms with Crippen molar-refractivity contribution >= 4 is 56.5 Å². The van der Waals surface area contributed by atoms with Crippen LogP contribution in [0.25, 0.3) is 10.8 Å².